The van der Waals surface area contributed by atoms with Crippen molar-refractivity contribution in [2.24, 2.45) is 0 Å². The van der Waals surface area contributed by atoms with E-state index >= 15 is 0 Å². The van der Waals surface area contributed by atoms with Gasteiger partial charge in [0.05, 0.1) is 18.9 Å². The fraction of sp³-hybridized carbons (Fsp3) is 0.429. The van der Waals surface area contributed by atoms with Gasteiger partial charge >= 0.3 is 0 Å². The molecule has 0 aromatic heterocycles. The summed E-state index contributed by atoms with van der Waals surface area (Å²) in [6, 6.07) is 7.12. The Morgan fingerprint density at radius 2 is 1.84 bits per heavy atom. The quantitative estimate of drug-likeness (QED) is 0.711. The second-order valence-corrected chi connectivity index (χ2v) is 4.70. The number of ether oxygens (including phenoxy) is 2. The van der Waals surface area contributed by atoms with Crippen molar-refractivity contribution < 1.29 is 19.1 Å². The Balaban J connectivity index is 2.15. The number of carbonyl (C=O) groups excluding carboxylic acids is 2. The van der Waals surface area contributed by atoms with Crippen LogP contribution in [-0.4, -0.2) is 25.0 Å². The molecule has 2 aliphatic rings. The van der Waals surface area contributed by atoms with Gasteiger partial charge in [-0.15, -0.1) is 0 Å². The monoisotopic (exact) mass is 261 g/mol. The van der Waals surface area contributed by atoms with E-state index in [0.717, 1.165) is 17.7 Å². The second kappa shape index (κ2) is 4.43. The van der Waals surface area contributed by atoms with E-state index in [-0.39, 0.29) is 5.91 Å². The van der Waals surface area contributed by atoms with Gasteiger partial charge in [0, 0.05) is 12.5 Å². The Kier molecular flexibility index (Phi) is 2.88. The molecule has 0 bridgehead atoms. The molecule has 2 aliphatic heterocycles. The molecule has 2 heterocycles. The molecule has 19 heavy (non-hydrogen) atoms. The molecule has 0 atom stereocenters. The summed E-state index contributed by atoms with van der Waals surface area (Å²) in [4.78, 5) is 25.5. The lowest BCUT2D eigenvalue weighted by Crippen LogP contribution is -2.45. The van der Waals surface area contributed by atoms with Crippen molar-refractivity contribution in [2.45, 2.75) is 25.6 Å². The summed E-state index contributed by atoms with van der Waals surface area (Å²) in [6.07, 6.45) is 1.69. The van der Waals surface area contributed by atoms with Crippen LogP contribution < -0.4 is 4.90 Å². The van der Waals surface area contributed by atoms with Gasteiger partial charge in [-0.2, -0.15) is 0 Å². The van der Waals surface area contributed by atoms with Crippen LogP contribution in [0.15, 0.2) is 24.3 Å². The van der Waals surface area contributed by atoms with Crippen molar-refractivity contribution in [3.63, 3.8) is 0 Å². The van der Waals surface area contributed by atoms with E-state index in [9.17, 15) is 9.59 Å². The minimum absolute atomic E-state index is 0.328. The number of fused-ring (bicyclic) bond motifs is 2. The van der Waals surface area contributed by atoms with Crippen LogP contribution in [0.2, 0.25) is 0 Å². The average molecular weight is 261 g/mol. The van der Waals surface area contributed by atoms with E-state index < -0.39 is 11.7 Å². The van der Waals surface area contributed by atoms with Crippen molar-refractivity contribution in [1.29, 1.82) is 0 Å². The summed E-state index contributed by atoms with van der Waals surface area (Å²) < 4.78 is 11.4. The Bertz CT molecular complexity index is 532. The number of amides is 2. The van der Waals surface area contributed by atoms with Gasteiger partial charge in [0.25, 0.3) is 11.7 Å². The number of carbonyl (C=O) groups is 2. The van der Waals surface area contributed by atoms with Crippen LogP contribution in [0.4, 0.5) is 5.69 Å². The lowest BCUT2D eigenvalue weighted by Gasteiger charge is -2.26. The molecule has 1 aromatic rings. The van der Waals surface area contributed by atoms with Crippen LogP contribution in [0.3, 0.4) is 0 Å². The molecule has 0 unspecified atom stereocenters. The maximum atomic E-state index is 12.6. The first-order valence-electron chi connectivity index (χ1n) is 6.39. The van der Waals surface area contributed by atoms with Gasteiger partial charge in [-0.25, -0.2) is 4.90 Å². The van der Waals surface area contributed by atoms with Crippen LogP contribution in [-0.2, 0) is 24.8 Å². The van der Waals surface area contributed by atoms with E-state index in [2.05, 4.69) is 0 Å². The molecule has 1 aromatic carbocycles. The molecule has 3 rings (SSSR count). The zero-order chi connectivity index (χ0) is 13.5. The number of benzene rings is 1. The second-order valence-electron chi connectivity index (χ2n) is 4.70. The highest BCUT2D eigenvalue weighted by atomic mass is 16.7. The summed E-state index contributed by atoms with van der Waals surface area (Å²) in [5, 5.41) is 0. The first-order valence-corrected chi connectivity index (χ1v) is 6.39. The fourth-order valence-corrected chi connectivity index (χ4v) is 2.59. The maximum absolute atomic E-state index is 12.6. The van der Waals surface area contributed by atoms with Crippen LogP contribution in [0.1, 0.15) is 25.3 Å². The summed E-state index contributed by atoms with van der Waals surface area (Å²) in [5.41, 5.74) is 1.18. The minimum Gasteiger partial charge on any atom is -0.338 e. The zero-order valence-electron chi connectivity index (χ0n) is 10.7. The van der Waals surface area contributed by atoms with Crippen LogP contribution in [0.5, 0.6) is 0 Å². The maximum Gasteiger partial charge on any atom is 0.299 e. The predicted octanol–water partition coefficient (Wildman–Crippen LogP) is 1.56. The molecular formula is C14H15NO4. The summed E-state index contributed by atoms with van der Waals surface area (Å²) in [6.45, 7) is 2.27. The van der Waals surface area contributed by atoms with E-state index in [1.54, 1.807) is 18.2 Å². The predicted molar refractivity (Wildman–Crippen MR) is 67.4 cm³/mol. The molecule has 1 saturated heterocycles. The van der Waals surface area contributed by atoms with E-state index in [1.165, 1.54) is 6.92 Å². The molecule has 1 spiro atoms. The third kappa shape index (κ3) is 1.69. The smallest absolute Gasteiger partial charge is 0.299 e. The van der Waals surface area contributed by atoms with Crippen LogP contribution in [0, 0.1) is 0 Å². The lowest BCUT2D eigenvalue weighted by molar-refractivity contribution is -0.222. The largest absolute Gasteiger partial charge is 0.338 e. The molecule has 5 heteroatoms. The summed E-state index contributed by atoms with van der Waals surface area (Å²) >= 11 is 0. The van der Waals surface area contributed by atoms with Crippen molar-refractivity contribution in [3.8, 4) is 0 Å². The third-order valence-corrected chi connectivity index (χ3v) is 3.45. The van der Waals surface area contributed by atoms with Gasteiger partial charge in [-0.1, -0.05) is 18.2 Å². The van der Waals surface area contributed by atoms with Crippen LogP contribution in [0.25, 0.3) is 0 Å². The zero-order valence-corrected chi connectivity index (χ0v) is 10.7. The Morgan fingerprint density at radius 1 is 1.21 bits per heavy atom. The minimum atomic E-state index is -1.43. The van der Waals surface area contributed by atoms with Crippen molar-refractivity contribution in [2.75, 3.05) is 18.1 Å². The fourth-order valence-electron chi connectivity index (χ4n) is 2.59. The molecule has 2 amide bonds. The molecule has 0 radical (unpaired) electrons. The number of para-hydroxylation sites is 1. The average Bonchev–Trinajstić information content (AvgIpc) is 2.57. The number of rotatable bonds is 0. The molecule has 5 nitrogen and oxygen atoms in total. The van der Waals surface area contributed by atoms with E-state index in [0.29, 0.717) is 24.5 Å². The van der Waals surface area contributed by atoms with Gasteiger partial charge in [-0.3, -0.25) is 9.59 Å². The lowest BCUT2D eigenvalue weighted by atomic mass is 10.1. The van der Waals surface area contributed by atoms with E-state index in [4.69, 9.17) is 9.47 Å². The first-order chi connectivity index (χ1) is 9.17. The molecule has 0 saturated carbocycles. The van der Waals surface area contributed by atoms with Gasteiger partial charge in [-0.05, 0) is 18.9 Å². The third-order valence-electron chi connectivity index (χ3n) is 3.45. The van der Waals surface area contributed by atoms with Crippen molar-refractivity contribution in [1.82, 2.24) is 0 Å². The number of nitrogens with zero attached hydrogens (tertiary/aromatic N) is 1. The number of anilines is 1. The van der Waals surface area contributed by atoms with Crippen molar-refractivity contribution in [3.05, 3.63) is 29.8 Å². The van der Waals surface area contributed by atoms with Crippen molar-refractivity contribution >= 4 is 17.5 Å². The molecule has 0 N–H and O–H groups in total. The van der Waals surface area contributed by atoms with Gasteiger partial charge in [0.1, 0.15) is 0 Å². The number of hydrogen-bond acceptors (Lipinski definition) is 4. The number of hydrogen-bond donors (Lipinski definition) is 0. The van der Waals surface area contributed by atoms with Crippen LogP contribution >= 0.6 is 0 Å². The Labute approximate surface area is 111 Å². The van der Waals surface area contributed by atoms with Gasteiger partial charge in [0.15, 0.2) is 0 Å². The number of imide groups is 1. The highest BCUT2D eigenvalue weighted by Gasteiger charge is 2.55. The highest BCUT2D eigenvalue weighted by Crippen LogP contribution is 2.44. The normalized spacial score (nSPS) is 21.3. The molecular weight excluding hydrogens is 246 g/mol. The SMILES string of the molecule is CC(=O)N1C(=O)C2(OCCCCO2)c2ccccc21. The van der Waals surface area contributed by atoms with Gasteiger partial charge in [0.2, 0.25) is 5.91 Å². The first kappa shape index (κ1) is 12.3. The molecule has 1 fully saturated rings. The Morgan fingerprint density at radius 3 is 2.47 bits per heavy atom. The standard InChI is InChI=1S/C14H15NO4/c1-10(16)15-12-7-3-2-6-11(12)14(13(15)17)18-8-4-5-9-19-14/h2-3,6-7H,4-5,8-9H2,1H3. The Hall–Kier alpha value is -1.72. The molecule has 100 valence electrons. The van der Waals surface area contributed by atoms with E-state index in [1.807, 2.05) is 6.07 Å². The summed E-state index contributed by atoms with van der Waals surface area (Å²) in [5.74, 6) is -2.20. The molecule has 0 aliphatic carbocycles. The summed E-state index contributed by atoms with van der Waals surface area (Å²) in [7, 11) is 0. The topological polar surface area (TPSA) is 55.8 Å². The van der Waals surface area contributed by atoms with Gasteiger partial charge < -0.3 is 9.47 Å². The highest BCUT2D eigenvalue weighted by molar-refractivity contribution is 6.21.